The number of hydrogen-bond acceptors (Lipinski definition) is 4. The Bertz CT molecular complexity index is 613. The van der Waals surface area contributed by atoms with E-state index in [-0.39, 0.29) is 11.9 Å². The van der Waals surface area contributed by atoms with Gasteiger partial charge in [0, 0.05) is 45.0 Å². The molecule has 0 spiro atoms. The molecule has 0 aromatic heterocycles. The average molecular weight is 345 g/mol. The smallest absolute Gasteiger partial charge is 0.315 e. The molecule has 0 radical (unpaired) electrons. The first kappa shape index (κ1) is 17.5. The summed E-state index contributed by atoms with van der Waals surface area (Å²) in [4.78, 5) is 27.8. The molecular weight excluding hydrogens is 318 g/mol. The highest BCUT2D eigenvalue weighted by atomic mass is 16.2. The summed E-state index contributed by atoms with van der Waals surface area (Å²) in [6, 6.07) is 7.94. The van der Waals surface area contributed by atoms with Crippen LogP contribution in [0.5, 0.6) is 0 Å². The Labute approximate surface area is 148 Å². The van der Waals surface area contributed by atoms with E-state index in [1.165, 1.54) is 11.3 Å². The first-order valence-corrected chi connectivity index (χ1v) is 8.98. The third-order valence-electron chi connectivity index (χ3n) is 4.78. The molecule has 2 aliphatic heterocycles. The molecule has 3 amide bonds. The molecular formula is C18H27N5O2. The minimum atomic E-state index is -0.439. The highest BCUT2D eigenvalue weighted by Gasteiger charge is 2.26. The van der Waals surface area contributed by atoms with Crippen molar-refractivity contribution in [2.75, 3.05) is 50.7 Å². The summed E-state index contributed by atoms with van der Waals surface area (Å²) in [7, 11) is 0. The van der Waals surface area contributed by atoms with Crippen LogP contribution in [-0.4, -0.2) is 68.7 Å². The zero-order chi connectivity index (χ0) is 17.6. The fourth-order valence-corrected chi connectivity index (χ4v) is 3.31. The number of nitrogens with one attached hydrogen (secondary N) is 3. The van der Waals surface area contributed by atoms with Gasteiger partial charge in [-0.05, 0) is 37.6 Å². The Hall–Kier alpha value is -2.28. The number of hydrogen-bond donors (Lipinski definition) is 3. The molecule has 2 aliphatic rings. The molecule has 2 saturated heterocycles. The lowest BCUT2D eigenvalue weighted by Gasteiger charge is -2.36. The highest BCUT2D eigenvalue weighted by Crippen LogP contribution is 2.17. The van der Waals surface area contributed by atoms with Crippen LogP contribution < -0.4 is 20.9 Å². The van der Waals surface area contributed by atoms with Crippen LogP contribution in [0.15, 0.2) is 24.3 Å². The van der Waals surface area contributed by atoms with Gasteiger partial charge >= 0.3 is 6.03 Å². The number of anilines is 1. The first-order valence-electron chi connectivity index (χ1n) is 8.98. The lowest BCUT2D eigenvalue weighted by Crippen LogP contribution is -2.47. The second-order valence-electron chi connectivity index (χ2n) is 6.72. The molecule has 7 heteroatoms. The van der Waals surface area contributed by atoms with Crippen molar-refractivity contribution in [3.63, 3.8) is 0 Å². The predicted octanol–water partition coefficient (Wildman–Crippen LogP) is 0.305. The zero-order valence-corrected chi connectivity index (χ0v) is 14.8. The van der Waals surface area contributed by atoms with Crippen molar-refractivity contribution in [1.82, 2.24) is 20.9 Å². The normalized spacial score (nSPS) is 20.9. The van der Waals surface area contributed by atoms with E-state index in [2.05, 4.69) is 56.9 Å². The van der Waals surface area contributed by atoms with Crippen molar-refractivity contribution >= 4 is 17.6 Å². The lowest BCUT2D eigenvalue weighted by atomic mass is 10.2. The van der Waals surface area contributed by atoms with Crippen LogP contribution in [0.25, 0.3) is 0 Å². The van der Waals surface area contributed by atoms with E-state index in [0.717, 1.165) is 39.1 Å². The molecule has 0 bridgehead atoms. The van der Waals surface area contributed by atoms with Gasteiger partial charge in [0.1, 0.15) is 6.04 Å². The Balaban J connectivity index is 1.32. The van der Waals surface area contributed by atoms with Crippen molar-refractivity contribution in [2.24, 2.45) is 0 Å². The number of benzene rings is 1. The zero-order valence-electron chi connectivity index (χ0n) is 14.8. The van der Waals surface area contributed by atoms with Gasteiger partial charge in [0.05, 0.1) is 0 Å². The van der Waals surface area contributed by atoms with E-state index in [9.17, 15) is 9.59 Å². The number of rotatable bonds is 6. The molecule has 2 heterocycles. The van der Waals surface area contributed by atoms with Crippen molar-refractivity contribution in [2.45, 2.75) is 19.4 Å². The summed E-state index contributed by atoms with van der Waals surface area (Å²) in [6.45, 7) is 8.29. The number of urea groups is 1. The Morgan fingerprint density at radius 2 is 2.08 bits per heavy atom. The lowest BCUT2D eigenvalue weighted by molar-refractivity contribution is -0.122. The van der Waals surface area contributed by atoms with E-state index in [1.54, 1.807) is 0 Å². The van der Waals surface area contributed by atoms with Crippen molar-refractivity contribution < 1.29 is 9.59 Å². The Morgan fingerprint density at radius 3 is 2.76 bits per heavy atom. The quantitative estimate of drug-likeness (QED) is 0.649. The third kappa shape index (κ3) is 4.85. The van der Waals surface area contributed by atoms with Gasteiger partial charge in [-0.15, -0.1) is 0 Å². The van der Waals surface area contributed by atoms with Gasteiger partial charge in [-0.2, -0.15) is 0 Å². The van der Waals surface area contributed by atoms with E-state index >= 15 is 0 Å². The first-order chi connectivity index (χ1) is 12.1. The molecule has 3 N–H and O–H groups in total. The summed E-state index contributed by atoms with van der Waals surface area (Å²) >= 11 is 0. The molecule has 7 nitrogen and oxygen atoms in total. The largest absolute Gasteiger partial charge is 0.369 e. The van der Waals surface area contributed by atoms with Gasteiger partial charge in [-0.3, -0.25) is 9.69 Å². The predicted molar refractivity (Wildman–Crippen MR) is 97.8 cm³/mol. The third-order valence-corrected chi connectivity index (χ3v) is 4.78. The van der Waals surface area contributed by atoms with E-state index < -0.39 is 6.04 Å². The summed E-state index contributed by atoms with van der Waals surface area (Å²) in [6.07, 6.45) is 0.921. The number of nitrogens with zero attached hydrogens (tertiary/aromatic N) is 2. The van der Waals surface area contributed by atoms with Gasteiger partial charge in [0.2, 0.25) is 5.91 Å². The van der Waals surface area contributed by atoms with E-state index in [1.807, 2.05) is 0 Å². The van der Waals surface area contributed by atoms with Crippen LogP contribution in [0.2, 0.25) is 0 Å². The molecule has 1 aromatic rings. The molecule has 1 aromatic carbocycles. The highest BCUT2D eigenvalue weighted by molar-refractivity contribution is 5.90. The number of aryl methyl sites for hydroxylation is 1. The standard InChI is InChI=1S/C18H27N5O2/c1-14-4-2-5-15(12-14)23-10-8-22(9-11-23)7-3-6-19-17(24)16-13-20-18(25)21-16/h2,4-5,12,16H,3,6-11,13H2,1H3,(H,19,24)(H2,20,21,25)/t16-/m0/s1. The van der Waals surface area contributed by atoms with Gasteiger partial charge in [0.15, 0.2) is 0 Å². The van der Waals surface area contributed by atoms with E-state index in [4.69, 9.17) is 0 Å². The Morgan fingerprint density at radius 1 is 1.28 bits per heavy atom. The summed E-state index contributed by atoms with van der Waals surface area (Å²) in [5.74, 6) is -0.109. The summed E-state index contributed by atoms with van der Waals surface area (Å²) < 4.78 is 0. The molecule has 2 fully saturated rings. The Kier molecular flexibility index (Phi) is 5.75. The molecule has 136 valence electrons. The van der Waals surface area contributed by atoms with Crippen LogP contribution in [0.1, 0.15) is 12.0 Å². The maximum Gasteiger partial charge on any atom is 0.315 e. The number of amides is 3. The molecule has 1 atom stereocenters. The topological polar surface area (TPSA) is 76.7 Å². The summed E-state index contributed by atoms with van der Waals surface area (Å²) in [5.41, 5.74) is 2.60. The molecule has 0 aliphatic carbocycles. The SMILES string of the molecule is Cc1cccc(N2CCN(CCCNC(=O)[C@@H]3CNC(=O)N3)CC2)c1. The van der Waals surface area contributed by atoms with Crippen molar-refractivity contribution in [1.29, 1.82) is 0 Å². The van der Waals surface area contributed by atoms with Gasteiger partial charge in [0.25, 0.3) is 0 Å². The second kappa shape index (κ2) is 8.20. The van der Waals surface area contributed by atoms with Crippen LogP contribution in [0, 0.1) is 6.92 Å². The molecule has 0 unspecified atom stereocenters. The second-order valence-corrected chi connectivity index (χ2v) is 6.72. The molecule has 25 heavy (non-hydrogen) atoms. The summed E-state index contributed by atoms with van der Waals surface area (Å²) in [5, 5.41) is 8.07. The minimum absolute atomic E-state index is 0.109. The van der Waals surface area contributed by atoms with Crippen molar-refractivity contribution in [3.8, 4) is 0 Å². The van der Waals surface area contributed by atoms with Gasteiger partial charge in [-0.1, -0.05) is 12.1 Å². The number of carbonyl (C=O) groups excluding carboxylic acids is 2. The van der Waals surface area contributed by atoms with Crippen LogP contribution in [-0.2, 0) is 4.79 Å². The fourth-order valence-electron chi connectivity index (χ4n) is 3.31. The maximum absolute atomic E-state index is 11.9. The van der Waals surface area contributed by atoms with E-state index in [0.29, 0.717) is 13.1 Å². The minimum Gasteiger partial charge on any atom is -0.369 e. The van der Waals surface area contributed by atoms with Gasteiger partial charge < -0.3 is 20.9 Å². The molecule has 3 rings (SSSR count). The molecule has 0 saturated carbocycles. The average Bonchev–Trinajstić information content (AvgIpc) is 3.06. The maximum atomic E-state index is 11.9. The monoisotopic (exact) mass is 345 g/mol. The van der Waals surface area contributed by atoms with Crippen LogP contribution in [0.3, 0.4) is 0 Å². The number of piperazine rings is 1. The fraction of sp³-hybridized carbons (Fsp3) is 0.556. The van der Waals surface area contributed by atoms with Crippen molar-refractivity contribution in [3.05, 3.63) is 29.8 Å². The van der Waals surface area contributed by atoms with Crippen LogP contribution >= 0.6 is 0 Å². The van der Waals surface area contributed by atoms with Crippen LogP contribution in [0.4, 0.5) is 10.5 Å². The number of carbonyl (C=O) groups is 2. The van der Waals surface area contributed by atoms with Gasteiger partial charge in [-0.25, -0.2) is 4.79 Å².